The van der Waals surface area contributed by atoms with Crippen LogP contribution in [0.2, 0.25) is 0 Å². The van der Waals surface area contributed by atoms with Gasteiger partial charge in [0.1, 0.15) is 5.82 Å². The van der Waals surface area contributed by atoms with Crippen molar-refractivity contribution in [3.8, 4) is 0 Å². The van der Waals surface area contributed by atoms with Crippen LogP contribution in [0, 0.1) is 21.7 Å². The summed E-state index contributed by atoms with van der Waals surface area (Å²) in [6.45, 7) is 0.186. The molecule has 2 aromatic rings. The monoisotopic (exact) mass is 265 g/mol. The molecule has 98 valence electrons. The van der Waals surface area contributed by atoms with Gasteiger partial charge in [-0.15, -0.1) is 0 Å². The van der Waals surface area contributed by atoms with Crippen molar-refractivity contribution in [2.75, 3.05) is 5.32 Å². The summed E-state index contributed by atoms with van der Waals surface area (Å²) in [6.07, 6.45) is 1.30. The van der Waals surface area contributed by atoms with E-state index in [2.05, 4.69) is 10.3 Å². The number of nitro groups is 1. The minimum absolute atomic E-state index is 0.0946. The Morgan fingerprint density at radius 3 is 2.68 bits per heavy atom. The smallest absolute Gasteiger partial charge is 0.274 e. The first-order valence-electron chi connectivity index (χ1n) is 5.34. The predicted molar refractivity (Wildman–Crippen MR) is 64.6 cm³/mol. The highest BCUT2D eigenvalue weighted by atomic mass is 19.2. The van der Waals surface area contributed by atoms with Crippen LogP contribution in [0.4, 0.5) is 20.3 Å². The van der Waals surface area contributed by atoms with Gasteiger partial charge in [-0.1, -0.05) is 6.07 Å². The quantitative estimate of drug-likeness (QED) is 0.681. The number of hydrogen-bond donors (Lipinski definition) is 1. The van der Waals surface area contributed by atoms with E-state index in [9.17, 15) is 18.9 Å². The fourth-order valence-electron chi connectivity index (χ4n) is 1.47. The molecule has 0 atom stereocenters. The summed E-state index contributed by atoms with van der Waals surface area (Å²) in [5.74, 6) is -1.57. The van der Waals surface area contributed by atoms with Crippen LogP contribution in [0.25, 0.3) is 0 Å². The second kappa shape index (κ2) is 5.38. The maximum atomic E-state index is 13.0. The number of halogens is 2. The highest BCUT2D eigenvalue weighted by molar-refractivity contribution is 5.44. The van der Waals surface area contributed by atoms with Crippen LogP contribution in [-0.2, 0) is 6.54 Å². The maximum absolute atomic E-state index is 13.0. The number of pyridine rings is 1. The van der Waals surface area contributed by atoms with E-state index in [1.165, 1.54) is 24.4 Å². The number of nitrogens with zero attached hydrogens (tertiary/aromatic N) is 2. The lowest BCUT2D eigenvalue weighted by atomic mass is 10.2. The van der Waals surface area contributed by atoms with Crippen LogP contribution in [0.3, 0.4) is 0 Å². The molecule has 1 heterocycles. The van der Waals surface area contributed by atoms with Gasteiger partial charge in [0.2, 0.25) is 0 Å². The maximum Gasteiger partial charge on any atom is 0.274 e. The Morgan fingerprint density at radius 1 is 1.21 bits per heavy atom. The van der Waals surface area contributed by atoms with Crippen LogP contribution >= 0.6 is 0 Å². The van der Waals surface area contributed by atoms with Crippen molar-refractivity contribution in [2.24, 2.45) is 0 Å². The minimum Gasteiger partial charge on any atom is -0.366 e. The fourth-order valence-corrected chi connectivity index (χ4v) is 1.47. The van der Waals surface area contributed by atoms with E-state index in [0.29, 0.717) is 11.4 Å². The molecule has 7 heteroatoms. The van der Waals surface area contributed by atoms with Crippen molar-refractivity contribution in [3.63, 3.8) is 0 Å². The van der Waals surface area contributed by atoms with Gasteiger partial charge in [-0.3, -0.25) is 10.1 Å². The summed E-state index contributed by atoms with van der Waals surface area (Å²) in [5.41, 5.74) is 0.412. The van der Waals surface area contributed by atoms with Crippen LogP contribution in [-0.4, -0.2) is 9.91 Å². The molecule has 0 aliphatic rings. The van der Waals surface area contributed by atoms with Gasteiger partial charge < -0.3 is 5.32 Å². The van der Waals surface area contributed by atoms with Crippen LogP contribution in [0.1, 0.15) is 5.56 Å². The Labute approximate surface area is 107 Å². The van der Waals surface area contributed by atoms with Gasteiger partial charge in [-0.05, 0) is 17.7 Å². The molecule has 0 saturated heterocycles. The summed E-state index contributed by atoms with van der Waals surface area (Å²) in [6, 6.07) is 6.03. The lowest BCUT2D eigenvalue weighted by molar-refractivity contribution is -0.384. The van der Waals surface area contributed by atoms with E-state index in [0.717, 1.165) is 12.1 Å². The van der Waals surface area contributed by atoms with E-state index >= 15 is 0 Å². The molecule has 1 aromatic heterocycles. The molecule has 0 radical (unpaired) electrons. The topological polar surface area (TPSA) is 68.1 Å². The zero-order chi connectivity index (χ0) is 13.8. The first-order chi connectivity index (χ1) is 9.06. The van der Waals surface area contributed by atoms with Crippen LogP contribution < -0.4 is 5.32 Å². The predicted octanol–water partition coefficient (Wildman–Crippen LogP) is 2.88. The average Bonchev–Trinajstić information content (AvgIpc) is 2.40. The molecule has 1 aromatic carbocycles. The molecule has 1 N–H and O–H groups in total. The Kier molecular flexibility index (Phi) is 3.65. The van der Waals surface area contributed by atoms with Crippen LogP contribution in [0.5, 0.6) is 0 Å². The second-order valence-corrected chi connectivity index (χ2v) is 3.76. The number of rotatable bonds is 4. The van der Waals surface area contributed by atoms with E-state index in [-0.39, 0.29) is 12.2 Å². The van der Waals surface area contributed by atoms with Crippen LogP contribution in [0.15, 0.2) is 36.5 Å². The standard InChI is InChI=1S/C12H9F2N3O2/c13-10-2-1-8(5-11(10)14)7-16-12-6-9(17(18)19)3-4-15-12/h1-6H,7H2,(H,15,16). The fraction of sp³-hybridized carbons (Fsp3) is 0.0833. The Morgan fingerprint density at radius 2 is 2.00 bits per heavy atom. The van der Waals surface area contributed by atoms with Gasteiger partial charge >= 0.3 is 0 Å². The van der Waals surface area contributed by atoms with Gasteiger partial charge in [0.05, 0.1) is 11.0 Å². The van der Waals surface area contributed by atoms with Crippen molar-refractivity contribution >= 4 is 11.5 Å². The third kappa shape index (κ3) is 3.21. The number of anilines is 1. The third-order valence-electron chi connectivity index (χ3n) is 2.41. The molecular weight excluding hydrogens is 256 g/mol. The first kappa shape index (κ1) is 12.9. The molecule has 0 amide bonds. The lowest BCUT2D eigenvalue weighted by Crippen LogP contribution is -2.02. The van der Waals surface area contributed by atoms with Crippen molar-refractivity contribution in [1.29, 1.82) is 0 Å². The van der Waals surface area contributed by atoms with Gasteiger partial charge in [-0.25, -0.2) is 13.8 Å². The van der Waals surface area contributed by atoms with Crippen molar-refractivity contribution in [3.05, 3.63) is 63.8 Å². The molecule has 0 unspecified atom stereocenters. The van der Waals surface area contributed by atoms with Crippen molar-refractivity contribution in [2.45, 2.75) is 6.54 Å². The second-order valence-electron chi connectivity index (χ2n) is 3.76. The normalized spacial score (nSPS) is 10.2. The minimum atomic E-state index is -0.939. The molecule has 19 heavy (non-hydrogen) atoms. The third-order valence-corrected chi connectivity index (χ3v) is 2.41. The Balaban J connectivity index is 2.07. The summed E-state index contributed by atoms with van der Waals surface area (Å²) in [5, 5.41) is 13.4. The van der Waals surface area contributed by atoms with Gasteiger partial charge in [0, 0.05) is 18.8 Å². The van der Waals surface area contributed by atoms with Gasteiger partial charge in [0.15, 0.2) is 11.6 Å². The van der Waals surface area contributed by atoms with Crippen molar-refractivity contribution in [1.82, 2.24) is 4.98 Å². The molecule has 2 rings (SSSR count). The van der Waals surface area contributed by atoms with E-state index < -0.39 is 16.6 Å². The largest absolute Gasteiger partial charge is 0.366 e. The number of hydrogen-bond acceptors (Lipinski definition) is 4. The highest BCUT2D eigenvalue weighted by Gasteiger charge is 2.07. The highest BCUT2D eigenvalue weighted by Crippen LogP contribution is 2.15. The van der Waals surface area contributed by atoms with Crippen molar-refractivity contribution < 1.29 is 13.7 Å². The Hall–Kier alpha value is -2.57. The summed E-state index contributed by atoms with van der Waals surface area (Å²) in [7, 11) is 0. The van der Waals surface area contributed by atoms with E-state index in [1.807, 2.05) is 0 Å². The zero-order valence-corrected chi connectivity index (χ0v) is 9.64. The molecular formula is C12H9F2N3O2. The first-order valence-corrected chi connectivity index (χ1v) is 5.34. The SMILES string of the molecule is O=[N+]([O-])c1ccnc(NCc2ccc(F)c(F)c2)c1. The molecule has 0 saturated carbocycles. The average molecular weight is 265 g/mol. The summed E-state index contributed by atoms with van der Waals surface area (Å²) >= 11 is 0. The van der Waals surface area contributed by atoms with Gasteiger partial charge in [0.25, 0.3) is 5.69 Å². The van der Waals surface area contributed by atoms with E-state index in [4.69, 9.17) is 0 Å². The number of aromatic nitrogens is 1. The number of benzene rings is 1. The molecule has 0 bridgehead atoms. The molecule has 0 aliphatic carbocycles. The summed E-state index contributed by atoms with van der Waals surface area (Å²) < 4.78 is 25.7. The van der Waals surface area contributed by atoms with Gasteiger partial charge in [-0.2, -0.15) is 0 Å². The molecule has 0 spiro atoms. The van der Waals surface area contributed by atoms with E-state index in [1.54, 1.807) is 0 Å². The number of nitrogens with one attached hydrogen (secondary N) is 1. The summed E-state index contributed by atoms with van der Waals surface area (Å²) in [4.78, 5) is 13.9. The molecule has 5 nitrogen and oxygen atoms in total. The molecule has 0 aliphatic heterocycles. The zero-order valence-electron chi connectivity index (χ0n) is 9.64. The Bertz CT molecular complexity index is 620. The lowest BCUT2D eigenvalue weighted by Gasteiger charge is -2.05. The molecule has 0 fully saturated rings.